The standard InChI is InChI=1S/C10H10Cl2N4O/c11-6-3-7(12)5-8(4-6)15-10(17)16-2-1-14-9(16)13/h3-5H,1-2H2,(H2,13,14)(H,15,17). The Bertz CT molecular complexity index is 469. The molecule has 0 aliphatic carbocycles. The highest BCUT2D eigenvalue weighted by Gasteiger charge is 2.21. The SMILES string of the molecule is NC1=NCCN1C(=O)Nc1cc(Cl)cc(Cl)c1. The summed E-state index contributed by atoms with van der Waals surface area (Å²) < 4.78 is 0. The molecule has 0 fully saturated rings. The summed E-state index contributed by atoms with van der Waals surface area (Å²) in [7, 11) is 0. The van der Waals surface area contributed by atoms with Crippen molar-refractivity contribution in [3.63, 3.8) is 0 Å². The van der Waals surface area contributed by atoms with Crippen molar-refractivity contribution >= 4 is 40.9 Å². The van der Waals surface area contributed by atoms with Gasteiger partial charge in [-0.25, -0.2) is 4.79 Å². The van der Waals surface area contributed by atoms with E-state index < -0.39 is 0 Å². The van der Waals surface area contributed by atoms with Crippen molar-refractivity contribution in [2.24, 2.45) is 10.7 Å². The minimum Gasteiger partial charge on any atom is -0.369 e. The van der Waals surface area contributed by atoms with Gasteiger partial charge in [0.1, 0.15) is 0 Å². The van der Waals surface area contributed by atoms with Gasteiger partial charge in [-0.1, -0.05) is 23.2 Å². The molecule has 0 atom stereocenters. The van der Waals surface area contributed by atoms with Gasteiger partial charge in [-0.05, 0) is 18.2 Å². The summed E-state index contributed by atoms with van der Waals surface area (Å²) in [4.78, 5) is 17.1. The first kappa shape index (κ1) is 12.0. The number of carbonyl (C=O) groups is 1. The van der Waals surface area contributed by atoms with E-state index in [9.17, 15) is 4.79 Å². The number of nitrogens with two attached hydrogens (primary N) is 1. The van der Waals surface area contributed by atoms with Crippen LogP contribution in [0.5, 0.6) is 0 Å². The molecule has 0 saturated carbocycles. The minimum atomic E-state index is -0.345. The number of anilines is 1. The van der Waals surface area contributed by atoms with Crippen molar-refractivity contribution in [1.82, 2.24) is 4.90 Å². The number of guanidine groups is 1. The maximum Gasteiger partial charge on any atom is 0.328 e. The molecule has 0 spiro atoms. The molecule has 1 aliphatic heterocycles. The van der Waals surface area contributed by atoms with Crippen molar-refractivity contribution in [2.45, 2.75) is 0 Å². The van der Waals surface area contributed by atoms with E-state index in [0.29, 0.717) is 28.8 Å². The molecule has 0 radical (unpaired) electrons. The molecule has 5 nitrogen and oxygen atoms in total. The Morgan fingerprint density at radius 3 is 2.53 bits per heavy atom. The van der Waals surface area contributed by atoms with Crippen LogP contribution in [-0.4, -0.2) is 30.0 Å². The molecule has 1 aromatic rings. The van der Waals surface area contributed by atoms with Crippen molar-refractivity contribution in [2.75, 3.05) is 18.4 Å². The van der Waals surface area contributed by atoms with Crippen LogP contribution in [0.3, 0.4) is 0 Å². The van der Waals surface area contributed by atoms with Gasteiger partial charge in [0.15, 0.2) is 5.96 Å². The van der Waals surface area contributed by atoms with Gasteiger partial charge in [0.2, 0.25) is 0 Å². The largest absolute Gasteiger partial charge is 0.369 e. The quantitative estimate of drug-likeness (QED) is 0.823. The maximum atomic E-state index is 11.8. The smallest absolute Gasteiger partial charge is 0.328 e. The number of rotatable bonds is 1. The molecule has 1 heterocycles. The van der Waals surface area contributed by atoms with Crippen molar-refractivity contribution < 1.29 is 4.79 Å². The number of carbonyl (C=O) groups excluding carboxylic acids is 1. The summed E-state index contributed by atoms with van der Waals surface area (Å²) >= 11 is 11.6. The Morgan fingerprint density at radius 1 is 1.35 bits per heavy atom. The van der Waals surface area contributed by atoms with Crippen molar-refractivity contribution in [3.05, 3.63) is 28.2 Å². The minimum absolute atomic E-state index is 0.218. The molecule has 7 heteroatoms. The van der Waals surface area contributed by atoms with Crippen LogP contribution in [-0.2, 0) is 0 Å². The zero-order valence-corrected chi connectivity index (χ0v) is 10.3. The second kappa shape index (κ2) is 4.81. The Kier molecular flexibility index (Phi) is 3.40. The second-order valence-electron chi connectivity index (χ2n) is 3.48. The average Bonchev–Trinajstić information content (AvgIpc) is 2.62. The van der Waals surface area contributed by atoms with Gasteiger partial charge in [-0.2, -0.15) is 0 Å². The first-order valence-corrected chi connectivity index (χ1v) is 5.66. The molecule has 1 aromatic carbocycles. The van der Waals surface area contributed by atoms with Crippen LogP contribution >= 0.6 is 23.2 Å². The molecule has 1 aliphatic rings. The molecule has 2 rings (SSSR count). The topological polar surface area (TPSA) is 70.7 Å². The van der Waals surface area contributed by atoms with Gasteiger partial charge >= 0.3 is 6.03 Å². The lowest BCUT2D eigenvalue weighted by molar-refractivity contribution is 0.236. The number of hydrogen-bond donors (Lipinski definition) is 2. The lowest BCUT2D eigenvalue weighted by Gasteiger charge is -2.16. The number of halogens is 2. The van der Waals surface area contributed by atoms with Gasteiger partial charge in [-0.15, -0.1) is 0 Å². The highest BCUT2D eigenvalue weighted by atomic mass is 35.5. The lowest BCUT2D eigenvalue weighted by Crippen LogP contribution is -2.41. The van der Waals surface area contributed by atoms with Crippen LogP contribution in [0.4, 0.5) is 10.5 Å². The fraction of sp³-hybridized carbons (Fsp3) is 0.200. The molecule has 2 amide bonds. The number of amides is 2. The Balaban J connectivity index is 2.10. The van der Waals surface area contributed by atoms with E-state index in [-0.39, 0.29) is 12.0 Å². The fourth-order valence-corrected chi connectivity index (χ4v) is 2.01. The number of nitrogens with zero attached hydrogens (tertiary/aromatic N) is 2. The monoisotopic (exact) mass is 272 g/mol. The Labute approximate surface area is 108 Å². The van der Waals surface area contributed by atoms with Crippen molar-refractivity contribution in [3.8, 4) is 0 Å². The summed E-state index contributed by atoms with van der Waals surface area (Å²) in [5.74, 6) is 0.218. The summed E-state index contributed by atoms with van der Waals surface area (Å²) in [5, 5.41) is 3.56. The number of benzene rings is 1. The van der Waals surface area contributed by atoms with Crippen LogP contribution in [0.2, 0.25) is 10.0 Å². The zero-order valence-electron chi connectivity index (χ0n) is 8.78. The van der Waals surface area contributed by atoms with E-state index in [0.717, 1.165) is 0 Å². The zero-order chi connectivity index (χ0) is 12.4. The van der Waals surface area contributed by atoms with E-state index in [1.165, 1.54) is 4.90 Å². The third-order valence-corrected chi connectivity index (χ3v) is 2.67. The van der Waals surface area contributed by atoms with E-state index in [4.69, 9.17) is 28.9 Å². The summed E-state index contributed by atoms with van der Waals surface area (Å²) in [6.07, 6.45) is 0. The Hall–Kier alpha value is -1.46. The summed E-state index contributed by atoms with van der Waals surface area (Å²) in [6, 6.07) is 4.45. The first-order chi connectivity index (χ1) is 8.06. The molecule has 0 bridgehead atoms. The van der Waals surface area contributed by atoms with Gasteiger partial charge < -0.3 is 11.1 Å². The number of hydrogen-bond acceptors (Lipinski definition) is 3. The van der Waals surface area contributed by atoms with Gasteiger partial charge in [0, 0.05) is 15.7 Å². The van der Waals surface area contributed by atoms with Crippen LogP contribution in [0, 0.1) is 0 Å². The van der Waals surface area contributed by atoms with Crippen molar-refractivity contribution in [1.29, 1.82) is 0 Å². The van der Waals surface area contributed by atoms with Crippen LogP contribution in [0.1, 0.15) is 0 Å². The van der Waals surface area contributed by atoms with E-state index in [1.807, 2.05) is 0 Å². The predicted molar refractivity (Wildman–Crippen MR) is 68.7 cm³/mol. The Morgan fingerprint density at radius 2 is 2.00 bits per heavy atom. The molecule has 0 saturated heterocycles. The molecule has 90 valence electrons. The number of aliphatic imine (C=N–C) groups is 1. The first-order valence-electron chi connectivity index (χ1n) is 4.91. The number of urea groups is 1. The van der Waals surface area contributed by atoms with Gasteiger partial charge in [0.25, 0.3) is 0 Å². The van der Waals surface area contributed by atoms with Crippen LogP contribution in [0.25, 0.3) is 0 Å². The van der Waals surface area contributed by atoms with Crippen LogP contribution < -0.4 is 11.1 Å². The highest BCUT2D eigenvalue weighted by molar-refractivity contribution is 6.35. The summed E-state index contributed by atoms with van der Waals surface area (Å²) in [6.45, 7) is 1.00. The average molecular weight is 273 g/mol. The van der Waals surface area contributed by atoms with Crippen LogP contribution in [0.15, 0.2) is 23.2 Å². The normalized spacial score (nSPS) is 14.7. The van der Waals surface area contributed by atoms with E-state index in [2.05, 4.69) is 10.3 Å². The van der Waals surface area contributed by atoms with E-state index in [1.54, 1.807) is 18.2 Å². The molecule has 0 aromatic heterocycles. The number of nitrogens with one attached hydrogen (secondary N) is 1. The molecular formula is C10H10Cl2N4O. The van der Waals surface area contributed by atoms with E-state index >= 15 is 0 Å². The fourth-order valence-electron chi connectivity index (χ4n) is 1.49. The summed E-state index contributed by atoms with van der Waals surface area (Å²) in [5.41, 5.74) is 6.08. The third kappa shape index (κ3) is 2.81. The molecular weight excluding hydrogens is 263 g/mol. The van der Waals surface area contributed by atoms with Gasteiger partial charge in [-0.3, -0.25) is 9.89 Å². The molecule has 17 heavy (non-hydrogen) atoms. The molecule has 3 N–H and O–H groups in total. The third-order valence-electron chi connectivity index (χ3n) is 2.23. The maximum absolute atomic E-state index is 11.8. The second-order valence-corrected chi connectivity index (χ2v) is 4.35. The highest BCUT2D eigenvalue weighted by Crippen LogP contribution is 2.22. The van der Waals surface area contributed by atoms with Gasteiger partial charge in [0.05, 0.1) is 13.1 Å². The predicted octanol–water partition coefficient (Wildman–Crippen LogP) is 2.16. The lowest BCUT2D eigenvalue weighted by atomic mass is 10.3. The molecule has 0 unspecified atom stereocenters.